The van der Waals surface area contributed by atoms with E-state index in [1.807, 2.05) is 0 Å². The SMILES string of the molecule is O=C1COOP1Cl. The maximum atomic E-state index is 10.2. The van der Waals surface area contributed by atoms with Crippen molar-refractivity contribution in [3.63, 3.8) is 0 Å². The molecule has 1 rings (SSSR count). The molecule has 3 nitrogen and oxygen atoms in total. The molecule has 5 heteroatoms. The molecule has 1 aliphatic heterocycles. The molecule has 0 saturated carbocycles. The Labute approximate surface area is 46.1 Å². The van der Waals surface area contributed by atoms with E-state index in [0.29, 0.717) is 0 Å². The normalized spacial score (nSPS) is 31.6. The second-order valence-corrected chi connectivity index (χ2v) is 3.03. The number of carbonyl (C=O) groups is 1. The van der Waals surface area contributed by atoms with Crippen LogP contribution in [-0.2, 0) is 14.4 Å². The largest absolute Gasteiger partial charge is 0.288 e. The molecule has 0 bridgehead atoms. The smallest absolute Gasteiger partial charge is 0.236 e. The minimum Gasteiger partial charge on any atom is -0.288 e. The quantitative estimate of drug-likeness (QED) is 0.372. The molecule has 0 N–H and O–H groups in total. The average Bonchev–Trinajstić information content (AvgIpc) is 1.91. The van der Waals surface area contributed by atoms with Crippen molar-refractivity contribution < 1.29 is 14.4 Å². The van der Waals surface area contributed by atoms with E-state index in [9.17, 15) is 4.79 Å². The number of hydrogen-bond donors (Lipinski definition) is 0. The summed E-state index contributed by atoms with van der Waals surface area (Å²) in [7, 11) is -1.42. The summed E-state index contributed by atoms with van der Waals surface area (Å²) in [5.74, 6) is 0. The Morgan fingerprint density at radius 2 is 2.57 bits per heavy atom. The summed E-state index contributed by atoms with van der Waals surface area (Å²) in [5.41, 5.74) is -0.156. The highest BCUT2D eigenvalue weighted by Gasteiger charge is 2.25. The zero-order valence-corrected chi connectivity index (χ0v) is 4.91. The van der Waals surface area contributed by atoms with Gasteiger partial charge >= 0.3 is 0 Å². The highest BCUT2D eigenvalue weighted by atomic mass is 35.7. The van der Waals surface area contributed by atoms with E-state index in [1.165, 1.54) is 0 Å². The van der Waals surface area contributed by atoms with E-state index in [2.05, 4.69) is 9.56 Å². The summed E-state index contributed by atoms with van der Waals surface area (Å²) in [6, 6.07) is 0. The van der Waals surface area contributed by atoms with Gasteiger partial charge in [0.15, 0.2) is 0 Å². The Kier molecular flexibility index (Phi) is 1.60. The van der Waals surface area contributed by atoms with E-state index in [4.69, 9.17) is 11.2 Å². The molecule has 7 heavy (non-hydrogen) atoms. The zero-order chi connectivity index (χ0) is 5.28. The molecular formula is C2H2ClO3P. The highest BCUT2D eigenvalue weighted by Crippen LogP contribution is 2.47. The van der Waals surface area contributed by atoms with Gasteiger partial charge in [-0.3, -0.25) is 4.79 Å². The molecule has 1 heterocycles. The maximum absolute atomic E-state index is 10.2. The van der Waals surface area contributed by atoms with Crippen molar-refractivity contribution in [1.82, 2.24) is 0 Å². The number of carbonyl (C=O) groups excluding carboxylic acids is 1. The zero-order valence-electron chi connectivity index (χ0n) is 3.26. The molecule has 40 valence electrons. The second-order valence-electron chi connectivity index (χ2n) is 0.975. The Balaban J connectivity index is 2.48. The van der Waals surface area contributed by atoms with E-state index < -0.39 is 7.50 Å². The van der Waals surface area contributed by atoms with Crippen molar-refractivity contribution in [1.29, 1.82) is 0 Å². The number of halogens is 1. The summed E-state index contributed by atoms with van der Waals surface area (Å²) >= 11 is 5.23. The molecule has 0 spiro atoms. The predicted molar refractivity (Wildman–Crippen MR) is 24.8 cm³/mol. The van der Waals surface area contributed by atoms with E-state index in [1.54, 1.807) is 0 Å². The van der Waals surface area contributed by atoms with Gasteiger partial charge in [0.1, 0.15) is 6.61 Å². The second kappa shape index (κ2) is 2.05. The van der Waals surface area contributed by atoms with Gasteiger partial charge in [0.25, 0.3) is 0 Å². The molecule has 0 amide bonds. The Hall–Kier alpha value is 0.310. The molecule has 1 unspecified atom stereocenters. The standard InChI is InChI=1S/C2H2ClO3P/c3-7-2(4)1-5-6-7/h1H2. The lowest BCUT2D eigenvalue weighted by molar-refractivity contribution is -0.176. The van der Waals surface area contributed by atoms with Gasteiger partial charge in [0.2, 0.25) is 13.0 Å². The summed E-state index contributed by atoms with van der Waals surface area (Å²) in [6.07, 6.45) is 0. The van der Waals surface area contributed by atoms with Crippen LogP contribution in [0.15, 0.2) is 0 Å². The molecule has 1 atom stereocenters. The minimum absolute atomic E-state index is 0.00913. The maximum Gasteiger partial charge on any atom is 0.236 e. The molecule has 0 aromatic heterocycles. The fraction of sp³-hybridized carbons (Fsp3) is 0.500. The van der Waals surface area contributed by atoms with Crippen molar-refractivity contribution >= 4 is 24.3 Å². The molecule has 0 aromatic rings. The van der Waals surface area contributed by atoms with Gasteiger partial charge in [-0.05, 0) is 0 Å². The number of rotatable bonds is 0. The Morgan fingerprint density at radius 3 is 2.71 bits per heavy atom. The monoisotopic (exact) mass is 140 g/mol. The summed E-state index contributed by atoms with van der Waals surface area (Å²) in [4.78, 5) is 14.4. The van der Waals surface area contributed by atoms with Gasteiger partial charge in [-0.1, -0.05) is 11.2 Å². The van der Waals surface area contributed by atoms with Crippen LogP contribution < -0.4 is 0 Å². The predicted octanol–water partition coefficient (Wildman–Crippen LogP) is 1.03. The topological polar surface area (TPSA) is 35.5 Å². The van der Waals surface area contributed by atoms with Crippen molar-refractivity contribution in [3.8, 4) is 0 Å². The van der Waals surface area contributed by atoms with E-state index >= 15 is 0 Å². The first-order valence-corrected chi connectivity index (χ1v) is 3.75. The number of hydrogen-bond acceptors (Lipinski definition) is 3. The lowest BCUT2D eigenvalue weighted by atomic mass is 10.8. The molecule has 0 aliphatic carbocycles. The van der Waals surface area contributed by atoms with Crippen LogP contribution in [-0.4, -0.2) is 12.1 Å². The van der Waals surface area contributed by atoms with Crippen molar-refractivity contribution in [2.75, 3.05) is 6.61 Å². The van der Waals surface area contributed by atoms with Gasteiger partial charge < -0.3 is 0 Å². The average molecular weight is 140 g/mol. The third-order valence-electron chi connectivity index (χ3n) is 0.497. The van der Waals surface area contributed by atoms with Gasteiger partial charge in [-0.15, -0.1) is 0 Å². The van der Waals surface area contributed by atoms with Crippen LogP contribution >= 0.6 is 18.7 Å². The van der Waals surface area contributed by atoms with Crippen LogP contribution in [0.3, 0.4) is 0 Å². The van der Waals surface area contributed by atoms with Crippen LogP contribution in [0.5, 0.6) is 0 Å². The van der Waals surface area contributed by atoms with Crippen molar-refractivity contribution in [3.05, 3.63) is 0 Å². The van der Waals surface area contributed by atoms with Crippen molar-refractivity contribution in [2.24, 2.45) is 0 Å². The van der Waals surface area contributed by atoms with E-state index in [-0.39, 0.29) is 12.1 Å². The summed E-state index contributed by atoms with van der Waals surface area (Å²) < 4.78 is 4.25. The van der Waals surface area contributed by atoms with Crippen LogP contribution in [0.25, 0.3) is 0 Å². The summed E-state index contributed by atoms with van der Waals surface area (Å²) in [6.45, 7) is 0.00913. The van der Waals surface area contributed by atoms with Gasteiger partial charge in [0.05, 0.1) is 0 Å². The minimum atomic E-state index is -1.42. The van der Waals surface area contributed by atoms with Crippen molar-refractivity contribution in [2.45, 2.75) is 0 Å². The third-order valence-corrected chi connectivity index (χ3v) is 1.99. The fourth-order valence-corrected chi connectivity index (χ4v) is 0.864. The molecule has 1 fully saturated rings. The molecular weight excluding hydrogens is 138 g/mol. The first kappa shape index (κ1) is 5.45. The lowest BCUT2D eigenvalue weighted by Crippen LogP contribution is -1.88. The molecule has 0 aromatic carbocycles. The lowest BCUT2D eigenvalue weighted by Gasteiger charge is -1.85. The first-order valence-electron chi connectivity index (χ1n) is 1.59. The van der Waals surface area contributed by atoms with E-state index in [0.717, 1.165) is 0 Å². The molecule has 0 radical (unpaired) electrons. The van der Waals surface area contributed by atoms with Crippen LogP contribution in [0, 0.1) is 0 Å². The Morgan fingerprint density at radius 1 is 1.86 bits per heavy atom. The first-order chi connectivity index (χ1) is 3.30. The van der Waals surface area contributed by atoms with Crippen LogP contribution in [0.4, 0.5) is 0 Å². The van der Waals surface area contributed by atoms with Gasteiger partial charge in [-0.25, -0.2) is 4.89 Å². The van der Waals surface area contributed by atoms with Crippen LogP contribution in [0.2, 0.25) is 0 Å². The van der Waals surface area contributed by atoms with Gasteiger partial charge in [-0.2, -0.15) is 4.67 Å². The molecule has 1 saturated heterocycles. The highest BCUT2D eigenvalue weighted by molar-refractivity contribution is 7.93. The molecule has 1 aliphatic rings. The van der Waals surface area contributed by atoms with Gasteiger partial charge in [0, 0.05) is 0 Å². The fourth-order valence-electron chi connectivity index (χ4n) is 0.215. The Bertz CT molecular complexity index is 94.9. The summed E-state index contributed by atoms with van der Waals surface area (Å²) in [5, 5.41) is 0. The van der Waals surface area contributed by atoms with Crippen LogP contribution in [0.1, 0.15) is 0 Å². The third kappa shape index (κ3) is 1.10.